The Labute approximate surface area is 196 Å². The van der Waals surface area contributed by atoms with Crippen molar-refractivity contribution in [2.45, 2.75) is 40.2 Å². The molecule has 1 saturated carbocycles. The summed E-state index contributed by atoms with van der Waals surface area (Å²) in [5.41, 5.74) is -3.20. The van der Waals surface area contributed by atoms with Crippen molar-refractivity contribution in [2.75, 3.05) is 12.8 Å². The summed E-state index contributed by atoms with van der Waals surface area (Å²) in [4.78, 5) is 14.4. The molecule has 15 heteroatoms. The van der Waals surface area contributed by atoms with E-state index in [1.807, 2.05) is 0 Å². The van der Waals surface area contributed by atoms with Gasteiger partial charge in [-0.2, -0.15) is 26.3 Å². The third-order valence-electron chi connectivity index (χ3n) is 5.47. The summed E-state index contributed by atoms with van der Waals surface area (Å²) in [6.45, 7) is -0.140. The zero-order valence-electron chi connectivity index (χ0n) is 17.8. The second-order valence-electron chi connectivity index (χ2n) is 8.08. The number of pyridine rings is 1. The molecule has 1 aromatic heterocycles. The van der Waals surface area contributed by atoms with E-state index < -0.39 is 75.7 Å². The van der Waals surface area contributed by atoms with Gasteiger partial charge in [0.05, 0.1) is 26.2 Å². The standard InChI is InChI=1S/C20H18F6N2O5S2/c1-34(30,31)16-8-13(20(24,25)26)10-27-17(16)18(29)28-9-11-5-15(6-11)35(32,33)14-4-2-3-12(7-14)19(21,22)23/h2-4,7-8,10-11,15H,5-6,9H2,1H3,(H,28,29)/t11-,15-. The Morgan fingerprint density at radius 1 is 1.00 bits per heavy atom. The number of carbonyl (C=O) groups is 1. The number of alkyl halides is 6. The van der Waals surface area contributed by atoms with Crippen molar-refractivity contribution >= 4 is 25.6 Å². The minimum absolute atomic E-state index is 0.0121. The van der Waals surface area contributed by atoms with Gasteiger partial charge in [0, 0.05) is 19.0 Å². The molecule has 0 radical (unpaired) electrons. The third kappa shape index (κ3) is 5.94. The van der Waals surface area contributed by atoms with Crippen LogP contribution in [-0.4, -0.2) is 45.8 Å². The first-order valence-electron chi connectivity index (χ1n) is 9.87. The molecule has 1 aliphatic rings. The first-order chi connectivity index (χ1) is 15.9. The highest BCUT2D eigenvalue weighted by Crippen LogP contribution is 2.38. The molecule has 1 aliphatic carbocycles. The first-order valence-corrected chi connectivity index (χ1v) is 13.3. The Bertz CT molecular complexity index is 1350. The van der Waals surface area contributed by atoms with E-state index in [0.29, 0.717) is 24.6 Å². The zero-order valence-corrected chi connectivity index (χ0v) is 19.4. The van der Waals surface area contributed by atoms with Crippen LogP contribution in [0.15, 0.2) is 46.3 Å². The third-order valence-corrected chi connectivity index (χ3v) is 8.75. The van der Waals surface area contributed by atoms with Gasteiger partial charge in [-0.3, -0.25) is 4.79 Å². The fourth-order valence-electron chi connectivity index (χ4n) is 3.51. The number of benzene rings is 1. The minimum Gasteiger partial charge on any atom is -0.350 e. The lowest BCUT2D eigenvalue weighted by molar-refractivity contribution is -0.138. The summed E-state index contributed by atoms with van der Waals surface area (Å²) in [5.74, 6) is -1.47. The SMILES string of the molecule is CS(=O)(=O)c1cc(C(F)(F)F)cnc1C(=O)NC[C@H]1C[C@H](S(=O)(=O)c2cccc(C(F)(F)F)c2)C1. The van der Waals surface area contributed by atoms with Crippen LogP contribution in [0.1, 0.15) is 34.5 Å². The highest BCUT2D eigenvalue weighted by atomic mass is 32.2. The highest BCUT2D eigenvalue weighted by molar-refractivity contribution is 7.92. The van der Waals surface area contributed by atoms with E-state index in [2.05, 4.69) is 10.3 Å². The van der Waals surface area contributed by atoms with E-state index in [1.54, 1.807) is 0 Å². The van der Waals surface area contributed by atoms with Crippen molar-refractivity contribution in [3.8, 4) is 0 Å². The number of amides is 1. The van der Waals surface area contributed by atoms with Crippen molar-refractivity contribution in [2.24, 2.45) is 5.92 Å². The number of rotatable bonds is 6. The summed E-state index contributed by atoms with van der Waals surface area (Å²) in [5, 5.41) is 1.34. The predicted octanol–water partition coefficient (Wildman–Crippen LogP) is 3.51. The topological polar surface area (TPSA) is 110 Å². The number of nitrogens with zero attached hydrogens (tertiary/aromatic N) is 1. The van der Waals surface area contributed by atoms with Crippen LogP contribution in [0.5, 0.6) is 0 Å². The van der Waals surface area contributed by atoms with E-state index in [4.69, 9.17) is 0 Å². The lowest BCUT2D eigenvalue weighted by atomic mass is 9.85. The minimum atomic E-state index is -4.88. The molecule has 192 valence electrons. The Morgan fingerprint density at radius 2 is 1.60 bits per heavy atom. The van der Waals surface area contributed by atoms with Gasteiger partial charge < -0.3 is 5.32 Å². The molecule has 1 N–H and O–H groups in total. The average Bonchev–Trinajstić information content (AvgIpc) is 2.70. The average molecular weight is 544 g/mol. The Balaban J connectivity index is 1.67. The molecule has 0 saturated heterocycles. The van der Waals surface area contributed by atoms with Crippen molar-refractivity contribution in [1.82, 2.24) is 10.3 Å². The Kier molecular flexibility index (Phi) is 6.98. The fraction of sp³-hybridized carbons (Fsp3) is 0.400. The molecule has 7 nitrogen and oxygen atoms in total. The smallest absolute Gasteiger partial charge is 0.350 e. The second kappa shape index (κ2) is 9.08. The van der Waals surface area contributed by atoms with E-state index in [9.17, 15) is 48.0 Å². The van der Waals surface area contributed by atoms with Crippen LogP contribution in [0, 0.1) is 5.92 Å². The van der Waals surface area contributed by atoms with Crippen LogP contribution < -0.4 is 5.32 Å². The van der Waals surface area contributed by atoms with Gasteiger partial charge in [-0.1, -0.05) is 6.07 Å². The summed E-state index contributed by atoms with van der Waals surface area (Å²) in [7, 11) is -8.31. The maximum atomic E-state index is 12.9. The van der Waals surface area contributed by atoms with Crippen LogP contribution in [-0.2, 0) is 32.0 Å². The second-order valence-corrected chi connectivity index (χ2v) is 12.3. The summed E-state index contributed by atoms with van der Waals surface area (Å²) in [6, 6.07) is 3.65. The molecule has 0 atom stereocenters. The Hall–Kier alpha value is -2.68. The van der Waals surface area contributed by atoms with Gasteiger partial charge in [0.25, 0.3) is 5.91 Å². The van der Waals surface area contributed by atoms with Crippen LogP contribution in [0.4, 0.5) is 26.3 Å². The molecule has 1 heterocycles. The summed E-state index contributed by atoms with van der Waals surface area (Å²) >= 11 is 0. The van der Waals surface area contributed by atoms with Crippen LogP contribution in [0.2, 0.25) is 0 Å². The van der Waals surface area contributed by atoms with Crippen molar-refractivity contribution in [3.05, 3.63) is 53.3 Å². The van der Waals surface area contributed by atoms with Crippen molar-refractivity contribution in [3.63, 3.8) is 0 Å². The molecule has 1 fully saturated rings. The van der Waals surface area contributed by atoms with E-state index in [0.717, 1.165) is 18.2 Å². The molecule has 35 heavy (non-hydrogen) atoms. The van der Waals surface area contributed by atoms with Gasteiger partial charge in [-0.15, -0.1) is 0 Å². The molecule has 1 aromatic carbocycles. The molecular weight excluding hydrogens is 526 g/mol. The lowest BCUT2D eigenvalue weighted by Gasteiger charge is -2.35. The number of hydrogen-bond donors (Lipinski definition) is 1. The van der Waals surface area contributed by atoms with Gasteiger partial charge in [0.2, 0.25) is 0 Å². The van der Waals surface area contributed by atoms with Gasteiger partial charge in [-0.05, 0) is 43.0 Å². The molecule has 0 aliphatic heterocycles. The van der Waals surface area contributed by atoms with E-state index in [1.165, 1.54) is 0 Å². The summed E-state index contributed by atoms with van der Waals surface area (Å²) < 4.78 is 126. The monoisotopic (exact) mass is 544 g/mol. The van der Waals surface area contributed by atoms with E-state index >= 15 is 0 Å². The van der Waals surface area contributed by atoms with Crippen molar-refractivity contribution < 1.29 is 48.0 Å². The summed E-state index contributed by atoms with van der Waals surface area (Å²) in [6.07, 6.45) is -8.63. The number of aromatic nitrogens is 1. The van der Waals surface area contributed by atoms with Gasteiger partial charge in [0.1, 0.15) is 5.69 Å². The molecule has 2 aromatic rings. The van der Waals surface area contributed by atoms with Crippen LogP contribution in [0.25, 0.3) is 0 Å². The van der Waals surface area contributed by atoms with E-state index in [-0.39, 0.29) is 19.4 Å². The quantitative estimate of drug-likeness (QED) is 0.558. The maximum Gasteiger partial charge on any atom is 0.417 e. The normalized spacial score (nSPS) is 19.2. The number of carbonyl (C=O) groups excluding carboxylic acids is 1. The van der Waals surface area contributed by atoms with Crippen LogP contribution in [0.3, 0.4) is 0 Å². The molecular formula is C20H18F6N2O5S2. The Morgan fingerprint density at radius 3 is 2.14 bits per heavy atom. The molecule has 0 unspecified atom stereocenters. The van der Waals surface area contributed by atoms with Gasteiger partial charge >= 0.3 is 12.4 Å². The molecule has 0 bridgehead atoms. The highest BCUT2D eigenvalue weighted by Gasteiger charge is 2.41. The number of halogens is 6. The molecule has 1 amide bonds. The zero-order chi connectivity index (χ0) is 26.4. The predicted molar refractivity (Wildman–Crippen MR) is 110 cm³/mol. The number of hydrogen-bond acceptors (Lipinski definition) is 6. The lowest BCUT2D eigenvalue weighted by Crippen LogP contribution is -2.42. The molecule has 0 spiro atoms. The molecule has 3 rings (SSSR count). The number of sulfone groups is 2. The van der Waals surface area contributed by atoms with Crippen LogP contribution >= 0.6 is 0 Å². The van der Waals surface area contributed by atoms with Gasteiger partial charge in [0.15, 0.2) is 19.7 Å². The van der Waals surface area contributed by atoms with Crippen molar-refractivity contribution in [1.29, 1.82) is 0 Å². The first kappa shape index (κ1) is 26.9. The fourth-order valence-corrected chi connectivity index (χ4v) is 6.34. The maximum absolute atomic E-state index is 12.9. The number of nitrogens with one attached hydrogen (secondary N) is 1. The van der Waals surface area contributed by atoms with Gasteiger partial charge in [-0.25, -0.2) is 21.8 Å². The largest absolute Gasteiger partial charge is 0.417 e.